The van der Waals surface area contributed by atoms with Crippen LogP contribution in [0.25, 0.3) is 11.4 Å². The van der Waals surface area contributed by atoms with Crippen LogP contribution in [0.1, 0.15) is 5.56 Å². The van der Waals surface area contributed by atoms with Crippen LogP contribution < -0.4 is 10.0 Å². The fourth-order valence-corrected chi connectivity index (χ4v) is 4.07. The first-order valence-electron chi connectivity index (χ1n) is 9.23. The first-order chi connectivity index (χ1) is 14.3. The minimum absolute atomic E-state index is 0.0586. The summed E-state index contributed by atoms with van der Waals surface area (Å²) in [4.78, 5) is 12.1. The van der Waals surface area contributed by atoms with Crippen molar-refractivity contribution in [1.82, 2.24) is 20.1 Å². The number of carbonyl (C=O) groups excluding carboxylic acids is 1. The van der Waals surface area contributed by atoms with Crippen molar-refractivity contribution in [1.29, 1.82) is 0 Å². The molecule has 10 heteroatoms. The van der Waals surface area contributed by atoms with Gasteiger partial charge in [0.2, 0.25) is 15.9 Å². The van der Waals surface area contributed by atoms with Gasteiger partial charge in [-0.05, 0) is 36.2 Å². The molecule has 3 rings (SSSR count). The van der Waals surface area contributed by atoms with Crippen molar-refractivity contribution in [3.8, 4) is 11.4 Å². The molecule has 0 spiro atoms. The zero-order chi connectivity index (χ0) is 21.6. The molecule has 1 aromatic heterocycles. The lowest BCUT2D eigenvalue weighted by Crippen LogP contribution is -2.27. The first-order valence-corrected chi connectivity index (χ1v) is 12.1. The summed E-state index contributed by atoms with van der Waals surface area (Å²) >= 11 is 1.31. The second-order valence-corrected chi connectivity index (χ2v) is 9.38. The Morgan fingerprint density at radius 1 is 1.07 bits per heavy atom. The van der Waals surface area contributed by atoms with Crippen molar-refractivity contribution in [3.05, 3.63) is 60.2 Å². The highest BCUT2D eigenvalue weighted by atomic mass is 32.2. The lowest BCUT2D eigenvalue weighted by atomic mass is 10.1. The molecule has 0 fully saturated rings. The highest BCUT2D eigenvalue weighted by Crippen LogP contribution is 2.24. The number of thioether (sulfide) groups is 1. The number of amides is 1. The van der Waals surface area contributed by atoms with E-state index in [9.17, 15) is 13.2 Å². The van der Waals surface area contributed by atoms with Crippen LogP contribution >= 0.6 is 11.8 Å². The zero-order valence-electron chi connectivity index (χ0n) is 16.7. The fraction of sp³-hybridized carbons (Fsp3) is 0.250. The van der Waals surface area contributed by atoms with Crippen molar-refractivity contribution in [2.45, 2.75) is 11.6 Å². The number of benzene rings is 2. The Hall–Kier alpha value is -2.85. The number of hydrogen-bond acceptors (Lipinski definition) is 6. The van der Waals surface area contributed by atoms with Gasteiger partial charge >= 0.3 is 0 Å². The van der Waals surface area contributed by atoms with E-state index < -0.39 is 10.0 Å². The lowest BCUT2D eigenvalue weighted by molar-refractivity contribution is -0.118. The highest BCUT2D eigenvalue weighted by Gasteiger charge is 2.13. The summed E-state index contributed by atoms with van der Waals surface area (Å²) in [6.45, 7) is 0.585. The van der Waals surface area contributed by atoms with Gasteiger partial charge in [-0.1, -0.05) is 42.1 Å². The summed E-state index contributed by atoms with van der Waals surface area (Å²) in [5.41, 5.74) is 2.45. The van der Waals surface area contributed by atoms with Crippen LogP contribution in [0, 0.1) is 0 Å². The molecule has 30 heavy (non-hydrogen) atoms. The van der Waals surface area contributed by atoms with Gasteiger partial charge in [0.15, 0.2) is 11.0 Å². The van der Waals surface area contributed by atoms with E-state index >= 15 is 0 Å². The molecule has 0 saturated carbocycles. The van der Waals surface area contributed by atoms with Gasteiger partial charge in [0.1, 0.15) is 0 Å². The van der Waals surface area contributed by atoms with Gasteiger partial charge in [0.05, 0.1) is 12.0 Å². The monoisotopic (exact) mass is 445 g/mol. The smallest absolute Gasteiger partial charge is 0.230 e. The van der Waals surface area contributed by atoms with Gasteiger partial charge in [-0.2, -0.15) is 0 Å². The van der Waals surface area contributed by atoms with Crippen LogP contribution in [0.2, 0.25) is 0 Å². The average molecular weight is 446 g/mol. The molecule has 2 N–H and O–H groups in total. The predicted octanol–water partition coefficient (Wildman–Crippen LogP) is 2.30. The van der Waals surface area contributed by atoms with Crippen LogP contribution in [0.3, 0.4) is 0 Å². The largest absolute Gasteiger partial charge is 0.355 e. The Labute approximate surface area is 180 Å². The number of aromatic nitrogens is 3. The molecule has 3 aromatic rings. The number of nitrogens with one attached hydrogen (secondary N) is 2. The van der Waals surface area contributed by atoms with Crippen molar-refractivity contribution >= 4 is 33.4 Å². The van der Waals surface area contributed by atoms with E-state index in [1.807, 2.05) is 37.4 Å². The molecule has 0 unspecified atom stereocenters. The van der Waals surface area contributed by atoms with Crippen LogP contribution in [-0.2, 0) is 28.3 Å². The zero-order valence-corrected chi connectivity index (χ0v) is 18.3. The highest BCUT2D eigenvalue weighted by molar-refractivity contribution is 7.99. The predicted molar refractivity (Wildman–Crippen MR) is 119 cm³/mol. The van der Waals surface area contributed by atoms with Gasteiger partial charge in [0, 0.05) is 24.8 Å². The molecule has 2 aromatic carbocycles. The van der Waals surface area contributed by atoms with Crippen molar-refractivity contribution in [2.24, 2.45) is 7.05 Å². The van der Waals surface area contributed by atoms with Crippen LogP contribution in [0.5, 0.6) is 0 Å². The van der Waals surface area contributed by atoms with Crippen molar-refractivity contribution in [2.75, 3.05) is 23.3 Å². The molecule has 0 atom stereocenters. The van der Waals surface area contributed by atoms with Crippen molar-refractivity contribution < 1.29 is 13.2 Å². The van der Waals surface area contributed by atoms with Crippen molar-refractivity contribution in [3.63, 3.8) is 0 Å². The van der Waals surface area contributed by atoms with Gasteiger partial charge in [-0.25, -0.2) is 8.42 Å². The normalized spacial score (nSPS) is 11.3. The number of rotatable bonds is 9. The Kier molecular flexibility index (Phi) is 7.11. The SMILES string of the molecule is Cn1c(SCC(=O)NCCc2ccccc2)nnc1-c1ccc(NS(C)(=O)=O)cc1. The maximum absolute atomic E-state index is 12.1. The maximum atomic E-state index is 12.1. The molecule has 0 aliphatic rings. The molecule has 1 heterocycles. The molecule has 8 nitrogen and oxygen atoms in total. The molecular weight excluding hydrogens is 422 g/mol. The molecule has 1 amide bonds. The molecule has 0 aliphatic carbocycles. The van der Waals surface area contributed by atoms with E-state index in [1.165, 1.54) is 17.3 Å². The number of nitrogens with zero attached hydrogens (tertiary/aromatic N) is 3. The molecule has 0 saturated heterocycles. The summed E-state index contributed by atoms with van der Waals surface area (Å²) in [5, 5.41) is 11.9. The second kappa shape index (κ2) is 9.77. The van der Waals surface area contributed by atoms with Crippen LogP contribution in [-0.4, -0.2) is 47.6 Å². The van der Waals surface area contributed by atoms with Gasteiger partial charge in [-0.3, -0.25) is 9.52 Å². The minimum Gasteiger partial charge on any atom is -0.355 e. The third-order valence-corrected chi connectivity index (χ3v) is 5.82. The molecule has 158 valence electrons. The third-order valence-electron chi connectivity index (χ3n) is 4.19. The maximum Gasteiger partial charge on any atom is 0.230 e. The number of anilines is 1. The molecule has 0 bridgehead atoms. The molecular formula is C20H23N5O3S2. The Balaban J connectivity index is 1.53. The second-order valence-electron chi connectivity index (χ2n) is 6.69. The third kappa shape index (κ3) is 6.33. The Bertz CT molecular complexity index is 1100. The summed E-state index contributed by atoms with van der Waals surface area (Å²) in [6.07, 6.45) is 1.89. The van der Waals surface area contributed by atoms with Crippen LogP contribution in [0.15, 0.2) is 59.8 Å². The van der Waals surface area contributed by atoms with Gasteiger partial charge in [-0.15, -0.1) is 10.2 Å². The van der Waals surface area contributed by atoms with E-state index in [0.29, 0.717) is 23.2 Å². The quantitative estimate of drug-likeness (QED) is 0.490. The molecule has 0 aliphatic heterocycles. The lowest BCUT2D eigenvalue weighted by Gasteiger charge is -2.07. The molecule has 0 radical (unpaired) electrons. The first kappa shape index (κ1) is 21.8. The van der Waals surface area contributed by atoms with E-state index in [2.05, 4.69) is 20.2 Å². The van der Waals surface area contributed by atoms with Crippen LogP contribution in [0.4, 0.5) is 5.69 Å². The van der Waals surface area contributed by atoms with Gasteiger partial charge in [0.25, 0.3) is 0 Å². The number of hydrogen-bond donors (Lipinski definition) is 2. The van der Waals surface area contributed by atoms with E-state index in [-0.39, 0.29) is 11.7 Å². The number of carbonyl (C=O) groups is 1. The standard InChI is InChI=1S/C20H23N5O3S2/c1-25-19(16-8-10-17(11-9-16)24-30(2,27)28)22-23-20(25)29-14-18(26)21-13-12-15-6-4-3-5-7-15/h3-11,24H,12-14H2,1-2H3,(H,21,26). The van der Waals surface area contributed by atoms with E-state index in [0.717, 1.165) is 18.2 Å². The minimum atomic E-state index is -3.32. The summed E-state index contributed by atoms with van der Waals surface area (Å²) < 4.78 is 26.8. The fourth-order valence-electron chi connectivity index (χ4n) is 2.77. The summed E-state index contributed by atoms with van der Waals surface area (Å²) in [7, 11) is -1.49. The van der Waals surface area contributed by atoms with E-state index in [1.54, 1.807) is 28.8 Å². The topological polar surface area (TPSA) is 106 Å². The Morgan fingerprint density at radius 2 is 1.77 bits per heavy atom. The van der Waals surface area contributed by atoms with Gasteiger partial charge < -0.3 is 9.88 Å². The number of sulfonamides is 1. The average Bonchev–Trinajstić information content (AvgIpc) is 3.07. The Morgan fingerprint density at radius 3 is 2.43 bits per heavy atom. The summed E-state index contributed by atoms with van der Waals surface area (Å²) in [6, 6.07) is 16.9. The summed E-state index contributed by atoms with van der Waals surface area (Å²) in [5.74, 6) is 0.822. The van der Waals surface area contributed by atoms with E-state index in [4.69, 9.17) is 0 Å².